The lowest BCUT2D eigenvalue weighted by Crippen LogP contribution is -2.26. The molecule has 0 aromatic carbocycles. The second kappa shape index (κ2) is 5.96. The number of nitriles is 1. The van der Waals surface area contributed by atoms with Gasteiger partial charge in [0.15, 0.2) is 0 Å². The minimum Gasteiger partial charge on any atom is -0.197 e. The third kappa shape index (κ3) is 3.17. The van der Waals surface area contributed by atoms with E-state index in [0.717, 1.165) is 18.1 Å². The summed E-state index contributed by atoms with van der Waals surface area (Å²) in [4.78, 5) is 0. The van der Waals surface area contributed by atoms with Gasteiger partial charge in [-0.1, -0.05) is 44.9 Å². The van der Waals surface area contributed by atoms with Crippen molar-refractivity contribution in [1.82, 2.24) is 0 Å². The fraction of sp³-hybridized carbons (Fsp3) is 0.929. The van der Waals surface area contributed by atoms with Crippen LogP contribution in [0.2, 0.25) is 0 Å². The zero-order valence-electron chi connectivity index (χ0n) is 10.2. The fourth-order valence-electron chi connectivity index (χ4n) is 3.06. The molecule has 0 bridgehead atoms. The number of nitrogens with zero attached hydrogens (tertiary/aromatic N) is 1. The van der Waals surface area contributed by atoms with Gasteiger partial charge >= 0.3 is 0 Å². The molecule has 0 heterocycles. The Balaban J connectivity index is 1.94. The molecule has 2 fully saturated rings. The first-order chi connectivity index (χ1) is 7.85. The van der Waals surface area contributed by atoms with Crippen molar-refractivity contribution in [3.63, 3.8) is 0 Å². The summed E-state index contributed by atoms with van der Waals surface area (Å²) in [5, 5.41) is 10.3. The van der Waals surface area contributed by atoms with Crippen molar-refractivity contribution in [2.75, 3.05) is 0 Å². The van der Waals surface area contributed by atoms with E-state index < -0.39 is 0 Å². The van der Waals surface area contributed by atoms with E-state index in [1.165, 1.54) is 57.8 Å². The maximum Gasteiger partial charge on any atom is 0.103 e. The molecule has 0 amide bonds. The minimum atomic E-state index is -0.0154. The van der Waals surface area contributed by atoms with E-state index in [4.69, 9.17) is 0 Å². The smallest absolute Gasteiger partial charge is 0.103 e. The van der Waals surface area contributed by atoms with Gasteiger partial charge in [-0.15, -0.1) is 11.8 Å². The maximum absolute atomic E-state index is 9.53. The van der Waals surface area contributed by atoms with Gasteiger partial charge in [-0.05, 0) is 25.7 Å². The lowest BCUT2D eigenvalue weighted by atomic mass is 10.00. The second-order valence-electron chi connectivity index (χ2n) is 5.40. The summed E-state index contributed by atoms with van der Waals surface area (Å²) in [6, 6.07) is 2.67. The van der Waals surface area contributed by atoms with Crippen LogP contribution in [-0.4, -0.2) is 10.00 Å². The average molecular weight is 237 g/mol. The molecule has 2 rings (SSSR count). The lowest BCUT2D eigenvalue weighted by molar-refractivity contribution is 0.508. The summed E-state index contributed by atoms with van der Waals surface area (Å²) in [6.07, 6.45) is 14.4. The van der Waals surface area contributed by atoms with E-state index in [2.05, 4.69) is 6.07 Å². The van der Waals surface area contributed by atoms with Crippen LogP contribution in [0, 0.1) is 11.3 Å². The number of hydrogen-bond donors (Lipinski definition) is 0. The van der Waals surface area contributed by atoms with Gasteiger partial charge in [-0.3, -0.25) is 0 Å². The number of thioether (sulfide) groups is 1. The molecule has 2 saturated carbocycles. The van der Waals surface area contributed by atoms with Crippen molar-refractivity contribution in [3.05, 3.63) is 0 Å². The maximum atomic E-state index is 9.53. The molecule has 0 aliphatic heterocycles. The van der Waals surface area contributed by atoms with Gasteiger partial charge in [0.25, 0.3) is 0 Å². The van der Waals surface area contributed by atoms with Gasteiger partial charge in [0.1, 0.15) is 4.75 Å². The fourth-order valence-corrected chi connectivity index (χ4v) is 4.84. The van der Waals surface area contributed by atoms with Crippen molar-refractivity contribution in [1.29, 1.82) is 5.26 Å². The van der Waals surface area contributed by atoms with Gasteiger partial charge in [0.2, 0.25) is 0 Å². The highest BCUT2D eigenvalue weighted by Gasteiger charge is 2.34. The lowest BCUT2D eigenvalue weighted by Gasteiger charge is -2.31. The van der Waals surface area contributed by atoms with Gasteiger partial charge in [-0.25, -0.2) is 0 Å². The van der Waals surface area contributed by atoms with Crippen molar-refractivity contribution in [2.24, 2.45) is 0 Å². The van der Waals surface area contributed by atoms with Crippen LogP contribution in [0.3, 0.4) is 0 Å². The first kappa shape index (κ1) is 12.3. The molecular weight excluding hydrogens is 214 g/mol. The molecule has 0 unspecified atom stereocenters. The third-order valence-corrected chi connectivity index (χ3v) is 5.81. The molecule has 1 nitrogen and oxygen atoms in total. The Kier molecular flexibility index (Phi) is 4.58. The molecule has 0 aromatic rings. The van der Waals surface area contributed by atoms with Crippen LogP contribution in [0.25, 0.3) is 0 Å². The zero-order chi connectivity index (χ0) is 11.3. The Morgan fingerprint density at radius 2 is 1.44 bits per heavy atom. The van der Waals surface area contributed by atoms with Crippen molar-refractivity contribution in [2.45, 2.75) is 80.6 Å². The van der Waals surface area contributed by atoms with Crippen molar-refractivity contribution in [3.8, 4) is 6.07 Å². The third-order valence-electron chi connectivity index (χ3n) is 4.06. The minimum absolute atomic E-state index is 0.0154. The predicted molar refractivity (Wildman–Crippen MR) is 70.5 cm³/mol. The molecule has 2 heteroatoms. The largest absolute Gasteiger partial charge is 0.197 e. The van der Waals surface area contributed by atoms with E-state index in [1.807, 2.05) is 11.8 Å². The van der Waals surface area contributed by atoms with Gasteiger partial charge < -0.3 is 0 Å². The molecule has 0 N–H and O–H groups in total. The van der Waals surface area contributed by atoms with Crippen LogP contribution in [0.5, 0.6) is 0 Å². The molecule has 0 radical (unpaired) electrons. The summed E-state index contributed by atoms with van der Waals surface area (Å²) >= 11 is 2.04. The highest BCUT2D eigenvalue weighted by molar-refractivity contribution is 8.01. The van der Waals surface area contributed by atoms with Crippen LogP contribution in [0.1, 0.15) is 70.6 Å². The highest BCUT2D eigenvalue weighted by Crippen LogP contribution is 2.44. The van der Waals surface area contributed by atoms with Gasteiger partial charge in [-0.2, -0.15) is 5.26 Å². The van der Waals surface area contributed by atoms with Crippen LogP contribution in [-0.2, 0) is 0 Å². The second-order valence-corrected chi connectivity index (χ2v) is 7.08. The predicted octanol–water partition coefficient (Wildman–Crippen LogP) is 4.67. The Labute approximate surface area is 104 Å². The molecule has 2 aliphatic carbocycles. The average Bonchev–Trinajstić information content (AvgIpc) is 2.57. The Bertz CT molecular complexity index is 242. The van der Waals surface area contributed by atoms with E-state index in [0.29, 0.717) is 0 Å². The molecule has 16 heavy (non-hydrogen) atoms. The molecular formula is C14H23NS. The van der Waals surface area contributed by atoms with Gasteiger partial charge in [0, 0.05) is 5.25 Å². The summed E-state index contributed by atoms with van der Waals surface area (Å²) < 4.78 is -0.0154. The molecule has 0 aromatic heterocycles. The Morgan fingerprint density at radius 3 is 2.00 bits per heavy atom. The van der Waals surface area contributed by atoms with Crippen molar-refractivity contribution >= 4 is 11.8 Å². The highest BCUT2D eigenvalue weighted by atomic mass is 32.2. The van der Waals surface area contributed by atoms with Gasteiger partial charge in [0.05, 0.1) is 6.07 Å². The quantitative estimate of drug-likeness (QED) is 0.652. The van der Waals surface area contributed by atoms with Crippen LogP contribution < -0.4 is 0 Å². The summed E-state index contributed by atoms with van der Waals surface area (Å²) in [6.45, 7) is 0. The summed E-state index contributed by atoms with van der Waals surface area (Å²) in [5.41, 5.74) is 0. The molecule has 2 aliphatic rings. The molecule has 0 spiro atoms. The monoisotopic (exact) mass is 237 g/mol. The first-order valence-corrected chi connectivity index (χ1v) is 7.82. The normalized spacial score (nSPS) is 26.9. The molecule has 0 saturated heterocycles. The van der Waals surface area contributed by atoms with E-state index in [1.54, 1.807) is 0 Å². The summed E-state index contributed by atoms with van der Waals surface area (Å²) in [7, 11) is 0. The standard InChI is InChI=1S/C14H23NS/c15-12-14(10-6-1-2-7-11-14)16-13-8-4-3-5-9-13/h13H,1-11H2. The first-order valence-electron chi connectivity index (χ1n) is 6.94. The topological polar surface area (TPSA) is 23.8 Å². The van der Waals surface area contributed by atoms with Crippen LogP contribution in [0.15, 0.2) is 0 Å². The van der Waals surface area contributed by atoms with Crippen molar-refractivity contribution < 1.29 is 0 Å². The summed E-state index contributed by atoms with van der Waals surface area (Å²) in [5.74, 6) is 0. The van der Waals surface area contributed by atoms with E-state index in [9.17, 15) is 5.26 Å². The van der Waals surface area contributed by atoms with E-state index >= 15 is 0 Å². The number of hydrogen-bond acceptors (Lipinski definition) is 2. The van der Waals surface area contributed by atoms with Crippen LogP contribution in [0.4, 0.5) is 0 Å². The Morgan fingerprint density at radius 1 is 0.875 bits per heavy atom. The Hall–Kier alpha value is -0.160. The number of rotatable bonds is 2. The zero-order valence-corrected chi connectivity index (χ0v) is 11.0. The molecule has 90 valence electrons. The SMILES string of the molecule is N#CC1(SC2CCCCC2)CCCCCC1. The van der Waals surface area contributed by atoms with Crippen LogP contribution >= 0.6 is 11.8 Å². The van der Waals surface area contributed by atoms with E-state index in [-0.39, 0.29) is 4.75 Å². The molecule has 0 atom stereocenters.